The van der Waals surface area contributed by atoms with Crippen molar-refractivity contribution in [2.45, 2.75) is 0 Å². The summed E-state index contributed by atoms with van der Waals surface area (Å²) in [7, 11) is 2.99. The first-order valence-corrected chi connectivity index (χ1v) is 7.56. The fourth-order valence-corrected chi connectivity index (χ4v) is 2.66. The molecule has 2 aromatic heterocycles. The molecule has 0 unspecified atom stereocenters. The minimum Gasteiger partial charge on any atom is -0.497 e. The number of halogens is 1. The summed E-state index contributed by atoms with van der Waals surface area (Å²) < 4.78 is 35.6. The number of hydrogen-bond acceptors (Lipinski definition) is 5. The average Bonchev–Trinajstić information content (AvgIpc) is 3.30. The summed E-state index contributed by atoms with van der Waals surface area (Å²) in [6.45, 7) is 0. The maximum absolute atomic E-state index is 14.0. The number of ether oxygens (including phenoxy) is 2. The van der Waals surface area contributed by atoms with Gasteiger partial charge in [-0.2, -0.15) is 0 Å². The predicted molar refractivity (Wildman–Crippen MR) is 90.2 cm³/mol. The summed E-state index contributed by atoms with van der Waals surface area (Å²) in [5, 5.41) is 0. The van der Waals surface area contributed by atoms with Gasteiger partial charge in [-0.15, -0.1) is 0 Å². The number of fused-ring (bicyclic) bond motifs is 1. The van der Waals surface area contributed by atoms with E-state index < -0.39 is 5.82 Å². The van der Waals surface area contributed by atoms with E-state index in [-0.39, 0.29) is 5.75 Å². The van der Waals surface area contributed by atoms with Crippen molar-refractivity contribution >= 4 is 11.1 Å². The molecule has 25 heavy (non-hydrogen) atoms. The highest BCUT2D eigenvalue weighted by Gasteiger charge is 2.17. The molecule has 0 N–H and O–H groups in total. The van der Waals surface area contributed by atoms with Crippen LogP contribution in [0.1, 0.15) is 0 Å². The van der Waals surface area contributed by atoms with Gasteiger partial charge in [0.1, 0.15) is 17.0 Å². The summed E-state index contributed by atoms with van der Waals surface area (Å²) >= 11 is 0. The van der Waals surface area contributed by atoms with Crippen LogP contribution in [0.25, 0.3) is 33.9 Å². The van der Waals surface area contributed by atoms with Gasteiger partial charge in [0.25, 0.3) is 0 Å². The molecular formula is C19H14FNO4. The van der Waals surface area contributed by atoms with Crippen LogP contribution in [-0.2, 0) is 0 Å². The Balaban J connectivity index is 1.90. The number of benzene rings is 2. The van der Waals surface area contributed by atoms with Gasteiger partial charge in [-0.3, -0.25) is 0 Å². The van der Waals surface area contributed by atoms with Crippen LogP contribution in [0.3, 0.4) is 0 Å². The fourth-order valence-electron chi connectivity index (χ4n) is 2.66. The van der Waals surface area contributed by atoms with Crippen molar-refractivity contribution in [3.05, 3.63) is 54.5 Å². The van der Waals surface area contributed by atoms with Gasteiger partial charge in [0.15, 0.2) is 17.1 Å². The third kappa shape index (κ3) is 2.61. The van der Waals surface area contributed by atoms with Gasteiger partial charge in [-0.05, 0) is 36.4 Å². The molecule has 4 aromatic rings. The molecule has 4 rings (SSSR count). The Bertz CT molecular complexity index is 1040. The van der Waals surface area contributed by atoms with Crippen molar-refractivity contribution in [3.8, 4) is 34.3 Å². The SMILES string of the molecule is COc1cc(-c2ccco2)c2oc(-c3ccc(OC)c(F)c3)nc2c1. The standard InChI is InChI=1S/C19H14FNO4/c1-22-12-9-13(16-4-3-7-24-16)18-15(10-12)21-19(25-18)11-5-6-17(23-2)14(20)8-11/h3-10H,1-2H3. The van der Waals surface area contributed by atoms with Crippen LogP contribution in [0, 0.1) is 5.82 Å². The molecule has 0 atom stereocenters. The largest absolute Gasteiger partial charge is 0.497 e. The number of oxazole rings is 1. The highest BCUT2D eigenvalue weighted by molar-refractivity contribution is 5.91. The van der Waals surface area contributed by atoms with E-state index in [1.54, 1.807) is 31.6 Å². The van der Waals surface area contributed by atoms with Crippen LogP contribution < -0.4 is 9.47 Å². The molecule has 0 amide bonds. The lowest BCUT2D eigenvalue weighted by Crippen LogP contribution is -1.88. The number of aromatic nitrogens is 1. The van der Waals surface area contributed by atoms with Gasteiger partial charge in [-0.1, -0.05) is 0 Å². The molecule has 0 aliphatic heterocycles. The molecule has 126 valence electrons. The topological polar surface area (TPSA) is 57.6 Å². The maximum atomic E-state index is 14.0. The van der Waals surface area contributed by atoms with Crippen molar-refractivity contribution in [2.24, 2.45) is 0 Å². The number of methoxy groups -OCH3 is 2. The second-order valence-electron chi connectivity index (χ2n) is 5.37. The average molecular weight is 339 g/mol. The lowest BCUT2D eigenvalue weighted by Gasteiger charge is -2.03. The molecule has 2 aromatic carbocycles. The first-order valence-electron chi connectivity index (χ1n) is 7.56. The fraction of sp³-hybridized carbons (Fsp3) is 0.105. The van der Waals surface area contributed by atoms with Gasteiger partial charge in [0.2, 0.25) is 5.89 Å². The van der Waals surface area contributed by atoms with Gasteiger partial charge >= 0.3 is 0 Å². The van der Waals surface area contributed by atoms with E-state index in [1.807, 2.05) is 12.1 Å². The number of hydrogen-bond donors (Lipinski definition) is 0. The molecular weight excluding hydrogens is 325 g/mol. The third-order valence-corrected chi connectivity index (χ3v) is 3.88. The molecule has 6 heteroatoms. The van der Waals surface area contributed by atoms with E-state index in [1.165, 1.54) is 19.2 Å². The summed E-state index contributed by atoms with van der Waals surface area (Å²) in [4.78, 5) is 4.46. The highest BCUT2D eigenvalue weighted by Crippen LogP contribution is 2.36. The van der Waals surface area contributed by atoms with Crippen molar-refractivity contribution in [1.82, 2.24) is 4.98 Å². The summed E-state index contributed by atoms with van der Waals surface area (Å²) in [6.07, 6.45) is 1.58. The van der Waals surface area contributed by atoms with E-state index in [2.05, 4.69) is 4.98 Å². The second kappa shape index (κ2) is 5.98. The molecule has 5 nitrogen and oxygen atoms in total. The normalized spacial score (nSPS) is 11.0. The van der Waals surface area contributed by atoms with Crippen LogP contribution in [0.15, 0.2) is 57.6 Å². The van der Waals surface area contributed by atoms with Crippen molar-refractivity contribution in [1.29, 1.82) is 0 Å². The van der Waals surface area contributed by atoms with Crippen LogP contribution >= 0.6 is 0 Å². The van der Waals surface area contributed by atoms with Crippen LogP contribution in [-0.4, -0.2) is 19.2 Å². The molecule has 0 aliphatic carbocycles. The van der Waals surface area contributed by atoms with Gasteiger partial charge in [0, 0.05) is 11.6 Å². The van der Waals surface area contributed by atoms with Crippen molar-refractivity contribution in [3.63, 3.8) is 0 Å². The van der Waals surface area contributed by atoms with E-state index in [4.69, 9.17) is 18.3 Å². The van der Waals surface area contributed by atoms with Gasteiger partial charge < -0.3 is 18.3 Å². The summed E-state index contributed by atoms with van der Waals surface area (Å²) in [5.74, 6) is 1.24. The van der Waals surface area contributed by atoms with E-state index >= 15 is 0 Å². The zero-order valence-electron chi connectivity index (χ0n) is 13.6. The molecule has 0 aliphatic rings. The molecule has 0 fully saturated rings. The van der Waals surface area contributed by atoms with Gasteiger partial charge in [-0.25, -0.2) is 9.37 Å². The quantitative estimate of drug-likeness (QED) is 0.529. The lowest BCUT2D eigenvalue weighted by atomic mass is 10.1. The van der Waals surface area contributed by atoms with Crippen LogP contribution in [0.5, 0.6) is 11.5 Å². The minimum absolute atomic E-state index is 0.165. The highest BCUT2D eigenvalue weighted by atomic mass is 19.1. The third-order valence-electron chi connectivity index (χ3n) is 3.88. The molecule has 0 spiro atoms. The summed E-state index contributed by atoms with van der Waals surface area (Å²) in [6, 6.07) is 11.7. The van der Waals surface area contributed by atoms with E-state index in [9.17, 15) is 4.39 Å². The van der Waals surface area contributed by atoms with Crippen molar-refractivity contribution in [2.75, 3.05) is 14.2 Å². The second-order valence-corrected chi connectivity index (χ2v) is 5.37. The van der Waals surface area contributed by atoms with Crippen LogP contribution in [0.4, 0.5) is 4.39 Å². The first kappa shape index (κ1) is 15.3. The number of nitrogens with zero attached hydrogens (tertiary/aromatic N) is 1. The smallest absolute Gasteiger partial charge is 0.227 e. The Morgan fingerprint density at radius 3 is 2.60 bits per heavy atom. The Morgan fingerprint density at radius 1 is 1.04 bits per heavy atom. The Hall–Kier alpha value is -3.28. The molecule has 2 heterocycles. The summed E-state index contributed by atoms with van der Waals surface area (Å²) in [5.41, 5.74) is 2.37. The monoisotopic (exact) mass is 339 g/mol. The predicted octanol–water partition coefficient (Wildman–Crippen LogP) is 4.91. The zero-order valence-corrected chi connectivity index (χ0v) is 13.6. The van der Waals surface area contributed by atoms with E-state index in [0.29, 0.717) is 39.6 Å². The van der Waals surface area contributed by atoms with Crippen molar-refractivity contribution < 1.29 is 22.7 Å². The van der Waals surface area contributed by atoms with Gasteiger partial charge in [0.05, 0.1) is 26.0 Å². The number of furan rings is 1. The number of rotatable bonds is 4. The Labute approximate surface area is 142 Å². The zero-order chi connectivity index (χ0) is 17.4. The molecule has 0 bridgehead atoms. The minimum atomic E-state index is -0.480. The van der Waals surface area contributed by atoms with E-state index in [0.717, 1.165) is 0 Å². The molecule has 0 saturated carbocycles. The lowest BCUT2D eigenvalue weighted by molar-refractivity contribution is 0.386. The van der Waals surface area contributed by atoms with Crippen LogP contribution in [0.2, 0.25) is 0 Å². The molecule has 0 saturated heterocycles. The Kier molecular flexibility index (Phi) is 3.65. The molecule has 0 radical (unpaired) electrons. The maximum Gasteiger partial charge on any atom is 0.227 e. The Morgan fingerprint density at radius 2 is 1.92 bits per heavy atom. The first-order chi connectivity index (χ1) is 12.2.